The fourth-order valence-corrected chi connectivity index (χ4v) is 3.35. The number of rotatable bonds is 5. The summed E-state index contributed by atoms with van der Waals surface area (Å²) in [5.41, 5.74) is -3.41. The molecule has 0 atom stereocenters. The lowest BCUT2D eigenvalue weighted by Crippen LogP contribution is -2.44. The molecular weight excluding hydrogens is 351 g/mol. The molecule has 0 aliphatic heterocycles. The number of hydrogen-bond acceptors (Lipinski definition) is 4. The summed E-state index contributed by atoms with van der Waals surface area (Å²) in [6.45, 7) is 2.07. The van der Waals surface area contributed by atoms with Gasteiger partial charge in [-0.1, -0.05) is 19.8 Å². The van der Waals surface area contributed by atoms with Crippen LogP contribution >= 0.6 is 0 Å². The monoisotopic (exact) mass is 371 g/mol. The van der Waals surface area contributed by atoms with Gasteiger partial charge in [-0.25, -0.2) is 14.5 Å². The van der Waals surface area contributed by atoms with Gasteiger partial charge in [0, 0.05) is 18.8 Å². The molecule has 7 nitrogen and oxygen atoms in total. The van der Waals surface area contributed by atoms with Crippen molar-refractivity contribution in [2.24, 2.45) is 0 Å². The number of aryl methyl sites for hydroxylation is 1. The highest BCUT2D eigenvalue weighted by atomic mass is 19.4. The van der Waals surface area contributed by atoms with Crippen molar-refractivity contribution in [1.29, 1.82) is 0 Å². The minimum absolute atomic E-state index is 0.281. The van der Waals surface area contributed by atoms with Crippen LogP contribution in [0.4, 0.5) is 13.2 Å². The van der Waals surface area contributed by atoms with Crippen LogP contribution in [0.1, 0.15) is 56.5 Å². The normalized spacial score (nSPS) is 15.7. The van der Waals surface area contributed by atoms with Gasteiger partial charge in [0.2, 0.25) is 0 Å². The molecule has 1 fully saturated rings. The molecule has 1 aliphatic rings. The second-order valence-corrected chi connectivity index (χ2v) is 6.46. The third kappa shape index (κ3) is 3.45. The van der Waals surface area contributed by atoms with Crippen LogP contribution in [0.3, 0.4) is 0 Å². The molecule has 0 saturated heterocycles. The maximum absolute atomic E-state index is 13.3. The van der Waals surface area contributed by atoms with Crippen LogP contribution in [0, 0.1) is 0 Å². The van der Waals surface area contributed by atoms with E-state index in [-0.39, 0.29) is 18.4 Å². The molecule has 2 aromatic rings. The summed E-state index contributed by atoms with van der Waals surface area (Å²) in [5.74, 6) is 0.281. The summed E-state index contributed by atoms with van der Waals surface area (Å²) in [4.78, 5) is 29.1. The van der Waals surface area contributed by atoms with Crippen LogP contribution < -0.4 is 11.2 Å². The van der Waals surface area contributed by atoms with Crippen molar-refractivity contribution in [1.82, 2.24) is 23.9 Å². The Kier molecular flexibility index (Phi) is 5.01. The molecule has 2 heterocycles. The van der Waals surface area contributed by atoms with Gasteiger partial charge in [0.15, 0.2) is 0 Å². The third-order valence-corrected chi connectivity index (χ3v) is 4.65. The molecule has 1 saturated carbocycles. The van der Waals surface area contributed by atoms with Gasteiger partial charge >= 0.3 is 11.9 Å². The van der Waals surface area contributed by atoms with E-state index in [1.807, 2.05) is 6.92 Å². The standard InChI is InChI=1S/C16H20F3N5O2/c1-2-7-24-13(20-10-21-24)9-23-14(25)12(16(17,18)19)8-22(15(23)26)11-5-3-4-6-11/h8,10-11H,2-7,9H2,1H3. The minimum Gasteiger partial charge on any atom is -0.297 e. The summed E-state index contributed by atoms with van der Waals surface area (Å²) in [6, 6.07) is -0.316. The quantitative estimate of drug-likeness (QED) is 0.808. The fraction of sp³-hybridized carbons (Fsp3) is 0.625. The summed E-state index contributed by atoms with van der Waals surface area (Å²) >= 11 is 0. The smallest absolute Gasteiger partial charge is 0.297 e. The molecule has 142 valence electrons. The Hall–Kier alpha value is -2.39. The molecule has 1 aliphatic carbocycles. The van der Waals surface area contributed by atoms with Crippen LogP contribution in [0.2, 0.25) is 0 Å². The van der Waals surface area contributed by atoms with Gasteiger partial charge in [-0.3, -0.25) is 13.9 Å². The summed E-state index contributed by atoms with van der Waals surface area (Å²) in [6.07, 6.45) is 0.796. The van der Waals surface area contributed by atoms with E-state index < -0.39 is 23.0 Å². The van der Waals surface area contributed by atoms with Gasteiger partial charge in [-0.05, 0) is 19.3 Å². The SMILES string of the molecule is CCCn1ncnc1Cn1c(=O)c(C(F)(F)F)cn(C2CCCC2)c1=O. The number of nitrogens with zero attached hydrogens (tertiary/aromatic N) is 5. The first-order chi connectivity index (χ1) is 12.3. The number of hydrogen-bond donors (Lipinski definition) is 0. The Bertz CT molecular complexity index is 891. The van der Waals surface area contributed by atoms with E-state index in [1.54, 1.807) is 0 Å². The summed E-state index contributed by atoms with van der Waals surface area (Å²) in [7, 11) is 0. The summed E-state index contributed by atoms with van der Waals surface area (Å²) < 4.78 is 43.2. The molecule has 3 rings (SSSR count). The fourth-order valence-electron chi connectivity index (χ4n) is 3.35. The molecule has 0 N–H and O–H groups in total. The number of halogens is 3. The molecule has 0 bridgehead atoms. The molecule has 0 radical (unpaired) electrons. The maximum atomic E-state index is 13.3. The number of aromatic nitrogens is 5. The van der Waals surface area contributed by atoms with Crippen molar-refractivity contribution < 1.29 is 13.2 Å². The molecule has 0 amide bonds. The van der Waals surface area contributed by atoms with Gasteiger partial charge in [0.25, 0.3) is 5.56 Å². The maximum Gasteiger partial charge on any atom is 0.423 e. The van der Waals surface area contributed by atoms with E-state index in [0.717, 1.165) is 23.8 Å². The van der Waals surface area contributed by atoms with Crippen LogP contribution in [0.15, 0.2) is 22.1 Å². The van der Waals surface area contributed by atoms with E-state index in [0.29, 0.717) is 30.2 Å². The lowest BCUT2D eigenvalue weighted by atomic mass is 10.2. The second-order valence-electron chi connectivity index (χ2n) is 6.46. The van der Waals surface area contributed by atoms with Crippen LogP contribution in [-0.4, -0.2) is 23.9 Å². The lowest BCUT2D eigenvalue weighted by Gasteiger charge is -2.18. The van der Waals surface area contributed by atoms with E-state index >= 15 is 0 Å². The van der Waals surface area contributed by atoms with Gasteiger partial charge in [-0.2, -0.15) is 18.3 Å². The Morgan fingerprint density at radius 3 is 2.54 bits per heavy atom. The van der Waals surface area contributed by atoms with Gasteiger partial charge in [0.05, 0.1) is 6.54 Å². The Morgan fingerprint density at radius 1 is 1.23 bits per heavy atom. The van der Waals surface area contributed by atoms with Gasteiger partial charge in [-0.15, -0.1) is 0 Å². The Morgan fingerprint density at radius 2 is 1.92 bits per heavy atom. The molecule has 0 unspecified atom stereocenters. The van der Waals surface area contributed by atoms with Crippen molar-refractivity contribution in [3.05, 3.63) is 44.8 Å². The van der Waals surface area contributed by atoms with Crippen molar-refractivity contribution in [3.8, 4) is 0 Å². The Balaban J connectivity index is 2.13. The van der Waals surface area contributed by atoms with Crippen LogP contribution in [-0.2, 0) is 19.3 Å². The second kappa shape index (κ2) is 7.08. The van der Waals surface area contributed by atoms with Gasteiger partial charge < -0.3 is 0 Å². The first-order valence-corrected chi connectivity index (χ1v) is 8.62. The topological polar surface area (TPSA) is 74.7 Å². The first kappa shape index (κ1) is 18.4. The molecule has 26 heavy (non-hydrogen) atoms. The highest BCUT2D eigenvalue weighted by Gasteiger charge is 2.37. The number of alkyl halides is 3. The molecule has 0 spiro atoms. The zero-order valence-corrected chi connectivity index (χ0v) is 14.4. The van der Waals surface area contributed by atoms with Crippen molar-refractivity contribution >= 4 is 0 Å². The highest BCUT2D eigenvalue weighted by molar-refractivity contribution is 5.12. The van der Waals surface area contributed by atoms with E-state index in [2.05, 4.69) is 10.1 Å². The van der Waals surface area contributed by atoms with E-state index in [1.165, 1.54) is 11.0 Å². The van der Waals surface area contributed by atoms with E-state index in [9.17, 15) is 22.8 Å². The average molecular weight is 371 g/mol. The van der Waals surface area contributed by atoms with Crippen LogP contribution in [0.25, 0.3) is 0 Å². The molecule has 10 heteroatoms. The van der Waals surface area contributed by atoms with Crippen molar-refractivity contribution in [3.63, 3.8) is 0 Å². The lowest BCUT2D eigenvalue weighted by molar-refractivity contribution is -0.139. The summed E-state index contributed by atoms with van der Waals surface area (Å²) in [5, 5.41) is 3.99. The van der Waals surface area contributed by atoms with E-state index in [4.69, 9.17) is 0 Å². The zero-order valence-electron chi connectivity index (χ0n) is 14.4. The zero-order chi connectivity index (χ0) is 18.9. The molecular formula is C16H20F3N5O2. The third-order valence-electron chi connectivity index (χ3n) is 4.65. The van der Waals surface area contributed by atoms with Crippen molar-refractivity contribution in [2.45, 2.75) is 64.3 Å². The minimum atomic E-state index is -4.83. The average Bonchev–Trinajstić information content (AvgIpc) is 3.23. The molecule has 0 aromatic carbocycles. The predicted octanol–water partition coefficient (Wildman–Crippen LogP) is 2.19. The molecule has 2 aromatic heterocycles. The van der Waals surface area contributed by atoms with Gasteiger partial charge in [0.1, 0.15) is 17.7 Å². The Labute approximate surface area is 147 Å². The predicted molar refractivity (Wildman–Crippen MR) is 86.9 cm³/mol. The largest absolute Gasteiger partial charge is 0.423 e. The highest BCUT2D eigenvalue weighted by Crippen LogP contribution is 2.30. The van der Waals surface area contributed by atoms with Crippen molar-refractivity contribution in [2.75, 3.05) is 0 Å². The first-order valence-electron chi connectivity index (χ1n) is 8.62. The van der Waals surface area contributed by atoms with Crippen LogP contribution in [0.5, 0.6) is 0 Å².